The van der Waals surface area contributed by atoms with Crippen molar-refractivity contribution in [2.45, 2.75) is 26.8 Å². The number of carbonyl (C=O) groups is 1. The predicted molar refractivity (Wildman–Crippen MR) is 70.2 cm³/mol. The number of carbonyl (C=O) groups excluding carboxylic acids is 1. The summed E-state index contributed by atoms with van der Waals surface area (Å²) in [7, 11) is 0. The van der Waals surface area contributed by atoms with Gasteiger partial charge in [-0.2, -0.15) is 0 Å². The van der Waals surface area contributed by atoms with E-state index in [0.29, 0.717) is 6.54 Å². The lowest BCUT2D eigenvalue weighted by molar-refractivity contribution is -0.135. The molecular formula is C11H14Br2N2O. The van der Waals surface area contributed by atoms with Gasteiger partial charge in [0.2, 0.25) is 5.91 Å². The Labute approximate surface area is 112 Å². The minimum atomic E-state index is 0.0720. The van der Waals surface area contributed by atoms with Gasteiger partial charge >= 0.3 is 0 Å². The van der Waals surface area contributed by atoms with Crippen molar-refractivity contribution >= 4 is 37.8 Å². The van der Waals surface area contributed by atoms with E-state index in [0.717, 1.165) is 22.0 Å². The summed E-state index contributed by atoms with van der Waals surface area (Å²) in [6, 6.07) is 0. The normalized spacial score (nSPS) is 15.4. The molecule has 3 nitrogen and oxygen atoms in total. The molecule has 0 unspecified atom stereocenters. The van der Waals surface area contributed by atoms with Crippen LogP contribution < -0.4 is 0 Å². The number of nitrogens with one attached hydrogen (secondary N) is 1. The molecule has 0 bridgehead atoms. The van der Waals surface area contributed by atoms with Crippen LogP contribution in [0.1, 0.15) is 25.1 Å². The summed E-state index contributed by atoms with van der Waals surface area (Å²) < 4.78 is 2.01. The zero-order valence-corrected chi connectivity index (χ0v) is 12.5. The smallest absolute Gasteiger partial charge is 0.225 e. The van der Waals surface area contributed by atoms with E-state index in [4.69, 9.17) is 0 Å². The first-order valence-electron chi connectivity index (χ1n) is 5.34. The van der Waals surface area contributed by atoms with Crippen molar-refractivity contribution in [3.63, 3.8) is 0 Å². The highest BCUT2D eigenvalue weighted by molar-refractivity contribution is 9.13. The highest BCUT2D eigenvalue weighted by Gasteiger charge is 2.26. The summed E-state index contributed by atoms with van der Waals surface area (Å²) in [4.78, 5) is 17.1. The van der Waals surface area contributed by atoms with Gasteiger partial charge in [-0.15, -0.1) is 0 Å². The topological polar surface area (TPSA) is 36.1 Å². The molecule has 0 radical (unpaired) electrons. The summed E-state index contributed by atoms with van der Waals surface area (Å²) in [6.45, 7) is 5.40. The molecule has 0 spiro atoms. The molecule has 0 aromatic carbocycles. The van der Waals surface area contributed by atoms with Gasteiger partial charge in [-0.25, -0.2) is 0 Å². The molecule has 2 heterocycles. The number of fused-ring (bicyclic) bond motifs is 1. The van der Waals surface area contributed by atoms with Gasteiger partial charge in [-0.3, -0.25) is 4.79 Å². The standard InChI is InChI=1S/C11H14Br2N2O/c1-6(2)11(16)15-4-3-8-7(5-15)9(12)10(13)14-8/h6,14H,3-5H2,1-2H3. The van der Waals surface area contributed by atoms with Gasteiger partial charge in [0, 0.05) is 36.7 Å². The van der Waals surface area contributed by atoms with Crippen LogP contribution in [-0.4, -0.2) is 22.3 Å². The number of amides is 1. The lowest BCUT2D eigenvalue weighted by Gasteiger charge is -2.28. The minimum Gasteiger partial charge on any atom is -0.352 e. The zero-order valence-electron chi connectivity index (χ0n) is 9.31. The van der Waals surface area contributed by atoms with Crippen LogP contribution in [-0.2, 0) is 17.8 Å². The fraction of sp³-hybridized carbons (Fsp3) is 0.545. The number of aromatic amines is 1. The number of aromatic nitrogens is 1. The van der Waals surface area contributed by atoms with Crippen LogP contribution >= 0.6 is 31.9 Å². The van der Waals surface area contributed by atoms with Gasteiger partial charge in [-0.1, -0.05) is 13.8 Å². The van der Waals surface area contributed by atoms with Crippen LogP contribution in [0.15, 0.2) is 9.08 Å². The van der Waals surface area contributed by atoms with Crippen LogP contribution in [0.5, 0.6) is 0 Å². The van der Waals surface area contributed by atoms with E-state index in [-0.39, 0.29) is 11.8 Å². The third-order valence-electron chi connectivity index (χ3n) is 2.87. The lowest BCUT2D eigenvalue weighted by atomic mass is 10.1. The molecule has 1 amide bonds. The average molecular weight is 350 g/mol. The second kappa shape index (κ2) is 4.53. The highest BCUT2D eigenvalue weighted by Crippen LogP contribution is 2.33. The number of hydrogen-bond acceptors (Lipinski definition) is 1. The van der Waals surface area contributed by atoms with Crippen molar-refractivity contribution in [1.29, 1.82) is 0 Å². The first-order valence-corrected chi connectivity index (χ1v) is 6.92. The maximum atomic E-state index is 11.9. The average Bonchev–Trinajstić information content (AvgIpc) is 2.53. The Kier molecular flexibility index (Phi) is 3.45. The second-order valence-corrected chi connectivity index (χ2v) is 5.96. The molecular weight excluding hydrogens is 336 g/mol. The molecule has 1 N–H and O–H groups in total. The second-order valence-electron chi connectivity index (χ2n) is 4.37. The van der Waals surface area contributed by atoms with Gasteiger partial charge in [0.05, 0.1) is 9.08 Å². The molecule has 2 rings (SSSR count). The fourth-order valence-electron chi connectivity index (χ4n) is 1.98. The lowest BCUT2D eigenvalue weighted by Crippen LogP contribution is -2.38. The van der Waals surface area contributed by atoms with Gasteiger partial charge < -0.3 is 9.88 Å². The first-order chi connectivity index (χ1) is 7.50. The number of hydrogen-bond donors (Lipinski definition) is 1. The van der Waals surface area contributed by atoms with Crippen molar-refractivity contribution in [3.05, 3.63) is 20.3 Å². The largest absolute Gasteiger partial charge is 0.352 e. The number of H-pyrrole nitrogens is 1. The van der Waals surface area contributed by atoms with Crippen LogP contribution in [0, 0.1) is 5.92 Å². The van der Waals surface area contributed by atoms with Crippen LogP contribution in [0.25, 0.3) is 0 Å². The SMILES string of the molecule is CC(C)C(=O)N1CCc2[nH]c(Br)c(Br)c2C1. The molecule has 1 aromatic heterocycles. The zero-order chi connectivity index (χ0) is 11.9. The van der Waals surface area contributed by atoms with Crippen molar-refractivity contribution in [2.24, 2.45) is 5.92 Å². The van der Waals surface area contributed by atoms with Gasteiger partial charge in [0.25, 0.3) is 0 Å². The molecule has 0 saturated heterocycles. The van der Waals surface area contributed by atoms with Crippen molar-refractivity contribution in [1.82, 2.24) is 9.88 Å². The molecule has 0 fully saturated rings. The Morgan fingerprint density at radius 2 is 2.12 bits per heavy atom. The maximum absolute atomic E-state index is 11.9. The Morgan fingerprint density at radius 1 is 1.44 bits per heavy atom. The van der Waals surface area contributed by atoms with Crippen molar-refractivity contribution in [3.8, 4) is 0 Å². The summed E-state index contributed by atoms with van der Waals surface area (Å²) >= 11 is 6.99. The van der Waals surface area contributed by atoms with Gasteiger partial charge in [0.1, 0.15) is 0 Å². The van der Waals surface area contributed by atoms with Crippen LogP contribution in [0.4, 0.5) is 0 Å². The van der Waals surface area contributed by atoms with E-state index in [1.807, 2.05) is 18.7 Å². The van der Waals surface area contributed by atoms with E-state index < -0.39 is 0 Å². The fourth-order valence-corrected chi connectivity index (χ4v) is 2.92. The molecule has 16 heavy (non-hydrogen) atoms. The quantitative estimate of drug-likeness (QED) is 0.830. The van der Waals surface area contributed by atoms with E-state index in [1.165, 1.54) is 11.3 Å². The molecule has 1 aromatic rings. The molecule has 1 aliphatic rings. The Morgan fingerprint density at radius 3 is 2.75 bits per heavy atom. The molecule has 88 valence electrons. The summed E-state index contributed by atoms with van der Waals surface area (Å²) in [5.41, 5.74) is 2.43. The van der Waals surface area contributed by atoms with Crippen LogP contribution in [0.3, 0.4) is 0 Å². The molecule has 0 atom stereocenters. The Hall–Kier alpha value is -0.290. The maximum Gasteiger partial charge on any atom is 0.225 e. The number of nitrogens with zero attached hydrogens (tertiary/aromatic N) is 1. The summed E-state index contributed by atoms with van der Waals surface area (Å²) in [5.74, 6) is 0.303. The molecule has 1 aliphatic heterocycles. The van der Waals surface area contributed by atoms with Crippen molar-refractivity contribution in [2.75, 3.05) is 6.54 Å². The predicted octanol–water partition coefficient (Wildman–Crippen LogP) is 3.08. The number of rotatable bonds is 1. The minimum absolute atomic E-state index is 0.0720. The van der Waals surface area contributed by atoms with Gasteiger partial charge in [-0.05, 0) is 31.9 Å². The third-order valence-corrected chi connectivity index (χ3v) is 4.87. The number of halogens is 2. The van der Waals surface area contributed by atoms with Crippen LogP contribution in [0.2, 0.25) is 0 Å². The van der Waals surface area contributed by atoms with E-state index in [2.05, 4.69) is 36.8 Å². The summed E-state index contributed by atoms with van der Waals surface area (Å²) in [6.07, 6.45) is 0.901. The van der Waals surface area contributed by atoms with E-state index in [9.17, 15) is 4.79 Å². The van der Waals surface area contributed by atoms with Gasteiger partial charge in [0.15, 0.2) is 0 Å². The first kappa shape index (κ1) is 12.2. The monoisotopic (exact) mass is 348 g/mol. The summed E-state index contributed by atoms with van der Waals surface area (Å²) in [5, 5.41) is 0. The van der Waals surface area contributed by atoms with E-state index >= 15 is 0 Å². The molecule has 0 saturated carbocycles. The molecule has 0 aliphatic carbocycles. The molecule has 5 heteroatoms. The highest BCUT2D eigenvalue weighted by atomic mass is 79.9. The van der Waals surface area contributed by atoms with Crippen molar-refractivity contribution < 1.29 is 4.79 Å². The third kappa shape index (κ3) is 2.07. The van der Waals surface area contributed by atoms with E-state index in [1.54, 1.807) is 0 Å². The Balaban J connectivity index is 2.23. The Bertz CT molecular complexity index is 426.